The lowest BCUT2D eigenvalue weighted by atomic mass is 10.2. The Morgan fingerprint density at radius 3 is 2.48 bits per heavy atom. The largest absolute Gasteiger partial charge is 0.288 e. The Morgan fingerprint density at radius 2 is 1.88 bits per heavy atom. The molecule has 2 amide bonds. The fourth-order valence-corrected chi connectivity index (χ4v) is 3.56. The van der Waals surface area contributed by atoms with Gasteiger partial charge in [-0.3, -0.25) is 25.3 Å². The van der Waals surface area contributed by atoms with E-state index in [0.29, 0.717) is 9.35 Å². The van der Waals surface area contributed by atoms with E-state index in [-0.39, 0.29) is 15.5 Å². The molecule has 0 bridgehead atoms. The van der Waals surface area contributed by atoms with Crippen LogP contribution < -0.4 is 10.9 Å². The van der Waals surface area contributed by atoms with Crippen molar-refractivity contribution < 1.29 is 22.8 Å². The number of thiophene rings is 1. The molecule has 2 aromatic rings. The molecule has 2 rings (SSSR count). The van der Waals surface area contributed by atoms with Gasteiger partial charge in [0.05, 0.1) is 27.5 Å². The summed E-state index contributed by atoms with van der Waals surface area (Å²) < 4.78 is 25.1. The summed E-state index contributed by atoms with van der Waals surface area (Å²) in [7, 11) is -1.53. The number of carbonyl (C=O) groups is 2. The van der Waals surface area contributed by atoms with E-state index in [2.05, 4.69) is 15.7 Å². The van der Waals surface area contributed by atoms with Gasteiger partial charge in [0.15, 0.2) is 0 Å². The highest BCUT2D eigenvalue weighted by Gasteiger charge is 2.23. The number of sulfonamides is 1. The van der Waals surface area contributed by atoms with Crippen molar-refractivity contribution in [1.29, 1.82) is 0 Å². The number of hydrogen-bond acceptors (Lipinski definition) is 6. The quantitative estimate of drug-likeness (QED) is 0.738. The van der Waals surface area contributed by atoms with Crippen molar-refractivity contribution >= 4 is 44.8 Å². The predicted molar refractivity (Wildman–Crippen MR) is 92.7 cm³/mol. The summed E-state index contributed by atoms with van der Waals surface area (Å²) in [6.07, 6.45) is 0. The zero-order valence-electron chi connectivity index (χ0n) is 13.1. The third-order valence-corrected chi connectivity index (χ3v) is 5.98. The third kappa shape index (κ3) is 4.35. The number of amides is 2. The van der Waals surface area contributed by atoms with Crippen molar-refractivity contribution in [3.05, 3.63) is 51.2 Å². The summed E-state index contributed by atoms with van der Waals surface area (Å²) in [6, 6.07) is 6.90. The fraction of sp³-hybridized carbons (Fsp3) is 0.143. The molecule has 0 saturated heterocycles. The van der Waals surface area contributed by atoms with Crippen LogP contribution in [0.5, 0.6) is 0 Å². The molecular formula is C14H14ClN3O5S2. The molecular weight excluding hydrogens is 390 g/mol. The number of nitrogens with zero attached hydrogens (tertiary/aromatic N) is 1. The van der Waals surface area contributed by atoms with Crippen molar-refractivity contribution in [2.24, 2.45) is 0 Å². The van der Waals surface area contributed by atoms with Gasteiger partial charge < -0.3 is 0 Å². The molecule has 25 heavy (non-hydrogen) atoms. The summed E-state index contributed by atoms with van der Waals surface area (Å²) in [5.74, 6) is -1.26. The maximum Gasteiger partial charge on any atom is 0.279 e. The van der Waals surface area contributed by atoms with Crippen LogP contribution in [0.25, 0.3) is 0 Å². The second kappa shape index (κ2) is 7.93. The first-order valence-corrected chi connectivity index (χ1v) is 9.44. The maximum atomic E-state index is 12.2. The molecule has 0 spiro atoms. The van der Waals surface area contributed by atoms with Gasteiger partial charge in [-0.25, -0.2) is 8.42 Å². The van der Waals surface area contributed by atoms with Crippen LogP contribution >= 0.6 is 22.9 Å². The standard InChI is InChI=1S/C14H14ClN3O5S2/c1-18(23-2)25(21,22)9-5-6-11(15)10(8-9)13(19)16-17-14(20)12-4-3-7-24-12/h3-8H,1-2H3,(H,16,19)(H,17,20). The lowest BCUT2D eigenvalue weighted by Crippen LogP contribution is -2.41. The topological polar surface area (TPSA) is 105 Å². The normalized spacial score (nSPS) is 11.4. The van der Waals surface area contributed by atoms with Gasteiger partial charge in [-0.15, -0.1) is 11.3 Å². The Balaban J connectivity index is 2.19. The van der Waals surface area contributed by atoms with E-state index in [0.717, 1.165) is 6.07 Å². The Kier molecular flexibility index (Phi) is 6.14. The summed E-state index contributed by atoms with van der Waals surface area (Å²) in [5, 5.41) is 1.75. The van der Waals surface area contributed by atoms with Crippen LogP contribution in [0.4, 0.5) is 0 Å². The predicted octanol–water partition coefficient (Wildman–Crippen LogP) is 1.66. The summed E-state index contributed by atoms with van der Waals surface area (Å²) >= 11 is 7.16. The lowest BCUT2D eigenvalue weighted by molar-refractivity contribution is -0.0258. The van der Waals surface area contributed by atoms with Crippen LogP contribution in [0, 0.1) is 0 Å². The van der Waals surface area contributed by atoms with Crippen LogP contribution in [-0.4, -0.2) is 38.9 Å². The first-order valence-electron chi connectivity index (χ1n) is 6.74. The highest BCUT2D eigenvalue weighted by Crippen LogP contribution is 2.22. The van der Waals surface area contributed by atoms with Gasteiger partial charge in [0.2, 0.25) is 0 Å². The van der Waals surface area contributed by atoms with E-state index in [1.807, 2.05) is 0 Å². The van der Waals surface area contributed by atoms with E-state index < -0.39 is 21.8 Å². The monoisotopic (exact) mass is 403 g/mol. The Labute approximate surface area is 153 Å². The molecule has 8 nitrogen and oxygen atoms in total. The highest BCUT2D eigenvalue weighted by atomic mass is 35.5. The van der Waals surface area contributed by atoms with Gasteiger partial charge in [0.25, 0.3) is 21.8 Å². The molecule has 11 heteroatoms. The van der Waals surface area contributed by atoms with Gasteiger partial charge in [-0.2, -0.15) is 0 Å². The number of carbonyl (C=O) groups excluding carboxylic acids is 2. The van der Waals surface area contributed by atoms with Gasteiger partial charge in [-0.05, 0) is 29.6 Å². The van der Waals surface area contributed by atoms with Crippen LogP contribution in [0.3, 0.4) is 0 Å². The third-order valence-electron chi connectivity index (χ3n) is 3.11. The fourth-order valence-electron chi connectivity index (χ4n) is 1.74. The molecule has 2 N–H and O–H groups in total. The Bertz CT molecular complexity index is 884. The first kappa shape index (κ1) is 19.3. The van der Waals surface area contributed by atoms with Gasteiger partial charge >= 0.3 is 0 Å². The SMILES string of the molecule is CON(C)S(=O)(=O)c1ccc(Cl)c(C(=O)NNC(=O)c2cccs2)c1. The number of hydroxylamine groups is 1. The van der Waals surface area contributed by atoms with Crippen LogP contribution in [-0.2, 0) is 14.9 Å². The van der Waals surface area contributed by atoms with E-state index in [9.17, 15) is 18.0 Å². The number of benzene rings is 1. The zero-order valence-corrected chi connectivity index (χ0v) is 15.5. The molecule has 0 atom stereocenters. The molecule has 0 unspecified atom stereocenters. The molecule has 0 aliphatic rings. The molecule has 134 valence electrons. The second-order valence-corrected chi connectivity index (χ2v) is 7.92. The second-order valence-electron chi connectivity index (χ2n) is 4.62. The minimum atomic E-state index is -3.94. The Morgan fingerprint density at radius 1 is 1.20 bits per heavy atom. The Hall–Kier alpha value is -1.98. The lowest BCUT2D eigenvalue weighted by Gasteiger charge is -2.15. The molecule has 0 saturated carbocycles. The number of hydrogen-bond donors (Lipinski definition) is 2. The van der Waals surface area contributed by atoms with Crippen molar-refractivity contribution in [3.8, 4) is 0 Å². The van der Waals surface area contributed by atoms with Gasteiger partial charge in [-0.1, -0.05) is 22.1 Å². The van der Waals surface area contributed by atoms with Crippen molar-refractivity contribution in [3.63, 3.8) is 0 Å². The average Bonchev–Trinajstić information content (AvgIpc) is 3.13. The minimum Gasteiger partial charge on any atom is -0.288 e. The molecule has 0 fully saturated rings. The average molecular weight is 404 g/mol. The molecule has 1 aromatic carbocycles. The van der Waals surface area contributed by atoms with Crippen LogP contribution in [0.1, 0.15) is 20.0 Å². The summed E-state index contributed by atoms with van der Waals surface area (Å²) in [4.78, 5) is 28.9. The van der Waals surface area contributed by atoms with E-state index >= 15 is 0 Å². The summed E-state index contributed by atoms with van der Waals surface area (Å²) in [6.45, 7) is 0. The van der Waals surface area contributed by atoms with E-state index in [4.69, 9.17) is 11.6 Å². The molecule has 0 aliphatic carbocycles. The summed E-state index contributed by atoms with van der Waals surface area (Å²) in [5.41, 5.74) is 4.31. The molecule has 0 aliphatic heterocycles. The van der Waals surface area contributed by atoms with E-state index in [1.54, 1.807) is 17.5 Å². The van der Waals surface area contributed by atoms with E-state index in [1.165, 1.54) is 37.6 Å². The van der Waals surface area contributed by atoms with Crippen molar-refractivity contribution in [2.45, 2.75) is 4.90 Å². The number of halogens is 1. The van der Waals surface area contributed by atoms with Crippen LogP contribution in [0.2, 0.25) is 5.02 Å². The smallest absolute Gasteiger partial charge is 0.279 e. The zero-order chi connectivity index (χ0) is 18.6. The first-order chi connectivity index (χ1) is 11.8. The van der Waals surface area contributed by atoms with Crippen molar-refractivity contribution in [2.75, 3.05) is 14.2 Å². The highest BCUT2D eigenvalue weighted by molar-refractivity contribution is 7.89. The van der Waals surface area contributed by atoms with Crippen molar-refractivity contribution in [1.82, 2.24) is 15.3 Å². The van der Waals surface area contributed by atoms with Gasteiger partial charge in [0.1, 0.15) is 0 Å². The molecule has 1 aromatic heterocycles. The number of hydrazine groups is 1. The van der Waals surface area contributed by atoms with Crippen LogP contribution in [0.15, 0.2) is 40.6 Å². The molecule has 0 radical (unpaired) electrons. The van der Waals surface area contributed by atoms with Gasteiger partial charge in [0, 0.05) is 7.05 Å². The minimum absolute atomic E-state index is 0.0295. The maximum absolute atomic E-state index is 12.2. The number of nitrogens with one attached hydrogen (secondary N) is 2. The molecule has 1 heterocycles. The number of rotatable bonds is 5.